The number of benzene rings is 1. The molecule has 5 heteroatoms. The molecule has 0 aliphatic carbocycles. The molecule has 1 unspecified atom stereocenters. The molecule has 1 saturated heterocycles. The molecule has 0 saturated carbocycles. The van der Waals surface area contributed by atoms with Gasteiger partial charge in [0.1, 0.15) is 5.69 Å². The summed E-state index contributed by atoms with van der Waals surface area (Å²) in [6, 6.07) is 13.8. The fraction of sp³-hybridized carbons (Fsp3) is 0.333. The SMILES string of the molecule is CN(c1cccc(C#N)c1)C1CCN(C(=O)c2cccn2C)C1. The number of aromatic nitrogens is 1. The van der Waals surface area contributed by atoms with Crippen molar-refractivity contribution in [2.75, 3.05) is 25.0 Å². The number of nitriles is 1. The zero-order valence-corrected chi connectivity index (χ0v) is 13.4. The van der Waals surface area contributed by atoms with Crippen molar-refractivity contribution in [3.05, 3.63) is 53.9 Å². The molecule has 3 rings (SSSR count). The molecule has 1 aromatic carbocycles. The van der Waals surface area contributed by atoms with Gasteiger partial charge in [-0.15, -0.1) is 0 Å². The number of carbonyl (C=O) groups excluding carboxylic acids is 1. The van der Waals surface area contributed by atoms with Crippen molar-refractivity contribution < 1.29 is 4.79 Å². The summed E-state index contributed by atoms with van der Waals surface area (Å²) in [5.74, 6) is 0.0826. The van der Waals surface area contributed by atoms with E-state index in [9.17, 15) is 4.79 Å². The normalized spacial score (nSPS) is 17.1. The van der Waals surface area contributed by atoms with Crippen LogP contribution in [-0.2, 0) is 7.05 Å². The molecule has 1 aromatic heterocycles. The Balaban J connectivity index is 1.71. The zero-order valence-electron chi connectivity index (χ0n) is 13.4. The summed E-state index contributed by atoms with van der Waals surface area (Å²) >= 11 is 0. The van der Waals surface area contributed by atoms with E-state index in [4.69, 9.17) is 5.26 Å². The van der Waals surface area contributed by atoms with Crippen LogP contribution in [0.25, 0.3) is 0 Å². The number of likely N-dealkylation sites (tertiary alicyclic amines) is 1. The minimum absolute atomic E-state index is 0.0826. The summed E-state index contributed by atoms with van der Waals surface area (Å²) in [5, 5.41) is 9.03. The standard InChI is InChI=1S/C18H20N4O/c1-20-9-4-7-17(20)18(23)22-10-8-16(13-22)21(2)15-6-3-5-14(11-15)12-19/h3-7,9,11,16H,8,10,13H2,1-2H3. The first kappa shape index (κ1) is 15.2. The Morgan fingerprint density at radius 1 is 1.35 bits per heavy atom. The van der Waals surface area contributed by atoms with E-state index < -0.39 is 0 Å². The monoisotopic (exact) mass is 308 g/mol. The highest BCUT2D eigenvalue weighted by molar-refractivity contribution is 5.93. The lowest BCUT2D eigenvalue weighted by atomic mass is 10.1. The van der Waals surface area contributed by atoms with Crippen LogP contribution in [0.3, 0.4) is 0 Å². The van der Waals surface area contributed by atoms with Crippen LogP contribution in [0.5, 0.6) is 0 Å². The van der Waals surface area contributed by atoms with E-state index in [1.54, 1.807) is 6.07 Å². The van der Waals surface area contributed by atoms with Crippen LogP contribution in [0.2, 0.25) is 0 Å². The predicted molar refractivity (Wildman–Crippen MR) is 89.3 cm³/mol. The molecule has 0 spiro atoms. The van der Waals surface area contributed by atoms with E-state index in [1.807, 2.05) is 60.1 Å². The minimum atomic E-state index is 0.0826. The Bertz CT molecular complexity index is 758. The summed E-state index contributed by atoms with van der Waals surface area (Å²) in [6.07, 6.45) is 2.82. The largest absolute Gasteiger partial charge is 0.370 e. The first-order valence-electron chi connectivity index (χ1n) is 7.74. The molecule has 2 heterocycles. The maximum Gasteiger partial charge on any atom is 0.270 e. The van der Waals surface area contributed by atoms with Crippen LogP contribution in [0.4, 0.5) is 5.69 Å². The van der Waals surface area contributed by atoms with E-state index in [0.29, 0.717) is 12.1 Å². The number of aryl methyl sites for hydroxylation is 1. The average molecular weight is 308 g/mol. The van der Waals surface area contributed by atoms with Crippen LogP contribution in [0.15, 0.2) is 42.6 Å². The smallest absolute Gasteiger partial charge is 0.270 e. The summed E-state index contributed by atoms with van der Waals surface area (Å²) in [7, 11) is 3.91. The average Bonchev–Trinajstić information content (AvgIpc) is 3.22. The molecule has 118 valence electrons. The number of anilines is 1. The lowest BCUT2D eigenvalue weighted by Gasteiger charge is -2.27. The third kappa shape index (κ3) is 2.93. The van der Waals surface area contributed by atoms with Gasteiger partial charge in [0.15, 0.2) is 0 Å². The second-order valence-electron chi connectivity index (χ2n) is 5.97. The molecule has 5 nitrogen and oxygen atoms in total. The Morgan fingerprint density at radius 3 is 2.87 bits per heavy atom. The third-order valence-electron chi connectivity index (χ3n) is 4.54. The molecule has 1 atom stereocenters. The molecular weight excluding hydrogens is 288 g/mol. The fourth-order valence-corrected chi connectivity index (χ4v) is 3.09. The number of hydrogen-bond acceptors (Lipinski definition) is 3. The lowest BCUT2D eigenvalue weighted by molar-refractivity contribution is 0.0781. The summed E-state index contributed by atoms with van der Waals surface area (Å²) < 4.78 is 1.86. The van der Waals surface area contributed by atoms with Crippen LogP contribution >= 0.6 is 0 Å². The Morgan fingerprint density at radius 2 is 2.17 bits per heavy atom. The van der Waals surface area contributed by atoms with E-state index in [0.717, 1.165) is 24.3 Å². The topological polar surface area (TPSA) is 52.3 Å². The Kier molecular flexibility index (Phi) is 4.07. The molecule has 0 radical (unpaired) electrons. The fourth-order valence-electron chi connectivity index (χ4n) is 3.09. The van der Waals surface area contributed by atoms with E-state index in [-0.39, 0.29) is 11.9 Å². The van der Waals surface area contributed by atoms with Crippen LogP contribution < -0.4 is 4.90 Å². The van der Waals surface area contributed by atoms with Gasteiger partial charge >= 0.3 is 0 Å². The molecular formula is C18H20N4O. The number of nitrogens with zero attached hydrogens (tertiary/aromatic N) is 4. The number of amides is 1. The summed E-state index contributed by atoms with van der Waals surface area (Å²) in [6.45, 7) is 1.47. The first-order chi connectivity index (χ1) is 11.1. The van der Waals surface area contributed by atoms with Gasteiger partial charge in [-0.1, -0.05) is 6.07 Å². The van der Waals surface area contributed by atoms with Crippen molar-refractivity contribution in [3.8, 4) is 6.07 Å². The Hall–Kier alpha value is -2.74. The highest BCUT2D eigenvalue weighted by Crippen LogP contribution is 2.23. The summed E-state index contributed by atoms with van der Waals surface area (Å²) in [4.78, 5) is 16.7. The van der Waals surface area contributed by atoms with Crippen molar-refractivity contribution in [2.24, 2.45) is 7.05 Å². The van der Waals surface area contributed by atoms with Gasteiger partial charge in [0.2, 0.25) is 0 Å². The van der Waals surface area contributed by atoms with E-state index in [1.165, 1.54) is 0 Å². The number of hydrogen-bond donors (Lipinski definition) is 0. The van der Waals surface area contributed by atoms with E-state index >= 15 is 0 Å². The second-order valence-corrected chi connectivity index (χ2v) is 5.97. The van der Waals surface area contributed by atoms with E-state index in [2.05, 4.69) is 11.0 Å². The number of carbonyl (C=O) groups is 1. The lowest BCUT2D eigenvalue weighted by Crippen LogP contribution is -2.37. The van der Waals surface area contributed by atoms with Crippen molar-refractivity contribution >= 4 is 11.6 Å². The van der Waals surface area contributed by atoms with Crippen molar-refractivity contribution in [1.29, 1.82) is 5.26 Å². The molecule has 1 fully saturated rings. The molecule has 23 heavy (non-hydrogen) atoms. The zero-order chi connectivity index (χ0) is 16.4. The second kappa shape index (κ2) is 6.17. The molecule has 1 aliphatic heterocycles. The van der Waals surface area contributed by atoms with Crippen molar-refractivity contribution in [2.45, 2.75) is 12.5 Å². The molecule has 2 aromatic rings. The van der Waals surface area contributed by atoms with Crippen molar-refractivity contribution in [3.63, 3.8) is 0 Å². The van der Waals surface area contributed by atoms with Gasteiger partial charge in [-0.3, -0.25) is 4.79 Å². The maximum absolute atomic E-state index is 12.6. The molecule has 1 amide bonds. The van der Waals surface area contributed by atoms with Gasteiger partial charge in [0.05, 0.1) is 11.6 Å². The number of rotatable bonds is 3. The highest BCUT2D eigenvalue weighted by atomic mass is 16.2. The highest BCUT2D eigenvalue weighted by Gasteiger charge is 2.30. The van der Waals surface area contributed by atoms with Gasteiger partial charge in [0.25, 0.3) is 5.91 Å². The minimum Gasteiger partial charge on any atom is -0.370 e. The quantitative estimate of drug-likeness (QED) is 0.874. The molecule has 1 aliphatic rings. The summed E-state index contributed by atoms with van der Waals surface area (Å²) in [5.41, 5.74) is 2.39. The van der Waals surface area contributed by atoms with Gasteiger partial charge in [-0.2, -0.15) is 5.26 Å². The van der Waals surface area contributed by atoms with Crippen molar-refractivity contribution in [1.82, 2.24) is 9.47 Å². The third-order valence-corrected chi connectivity index (χ3v) is 4.54. The Labute approximate surface area is 136 Å². The number of likely N-dealkylation sites (N-methyl/N-ethyl adjacent to an activating group) is 1. The molecule has 0 bridgehead atoms. The van der Waals surface area contributed by atoms with Crippen LogP contribution in [0, 0.1) is 11.3 Å². The first-order valence-corrected chi connectivity index (χ1v) is 7.74. The van der Waals surface area contributed by atoms with Gasteiger partial charge in [0, 0.05) is 45.1 Å². The van der Waals surface area contributed by atoms with Gasteiger partial charge < -0.3 is 14.4 Å². The maximum atomic E-state index is 12.6. The molecule has 0 N–H and O–H groups in total. The van der Waals surface area contributed by atoms with Gasteiger partial charge in [-0.25, -0.2) is 0 Å². The van der Waals surface area contributed by atoms with Crippen LogP contribution in [-0.4, -0.2) is 41.6 Å². The van der Waals surface area contributed by atoms with Crippen LogP contribution in [0.1, 0.15) is 22.5 Å². The predicted octanol–water partition coefficient (Wildman–Crippen LogP) is 2.25. The van der Waals surface area contributed by atoms with Gasteiger partial charge in [-0.05, 0) is 36.8 Å².